The van der Waals surface area contributed by atoms with Crippen molar-refractivity contribution in [3.05, 3.63) is 89.5 Å². The highest BCUT2D eigenvalue weighted by molar-refractivity contribution is 8.15. The average Bonchev–Trinajstić information content (AvgIpc) is 2.99. The van der Waals surface area contributed by atoms with Crippen LogP contribution < -0.4 is 10.1 Å². The molecule has 0 aliphatic carbocycles. The van der Waals surface area contributed by atoms with Gasteiger partial charge in [-0.3, -0.25) is 14.5 Å². The largest absolute Gasteiger partial charge is 0.497 e. The smallest absolute Gasteiger partial charge is 0.338 e. The Balaban J connectivity index is 1.57. The minimum absolute atomic E-state index is 0.0340. The number of amides is 2. The SMILES string of the molecule is CCOC(=O)c1ccc(N=C2S[C@@H](C(=O)Nc3ccc(C(=O)OC)cc3)CC(=O)N2Cc2ccc(OC)cc2)cc1. The molecule has 0 spiro atoms. The summed E-state index contributed by atoms with van der Waals surface area (Å²) in [7, 11) is 2.87. The van der Waals surface area contributed by atoms with Gasteiger partial charge in [-0.25, -0.2) is 14.6 Å². The summed E-state index contributed by atoms with van der Waals surface area (Å²) in [6.07, 6.45) is -0.0340. The van der Waals surface area contributed by atoms with Gasteiger partial charge < -0.3 is 19.5 Å². The molecule has 1 atom stereocenters. The van der Waals surface area contributed by atoms with Gasteiger partial charge in [-0.15, -0.1) is 0 Å². The summed E-state index contributed by atoms with van der Waals surface area (Å²) in [5, 5.41) is 2.41. The molecule has 0 saturated carbocycles. The predicted octanol–water partition coefficient (Wildman–Crippen LogP) is 4.82. The zero-order valence-corrected chi connectivity index (χ0v) is 23.6. The van der Waals surface area contributed by atoms with Crippen molar-refractivity contribution in [3.8, 4) is 5.75 Å². The zero-order valence-electron chi connectivity index (χ0n) is 22.8. The summed E-state index contributed by atoms with van der Waals surface area (Å²) in [6, 6.07) is 20.1. The number of carbonyl (C=O) groups is 4. The molecule has 3 aromatic rings. The first kappa shape index (κ1) is 29.3. The second-order valence-corrected chi connectivity index (χ2v) is 10.0. The van der Waals surface area contributed by atoms with Gasteiger partial charge in [-0.2, -0.15) is 0 Å². The van der Waals surface area contributed by atoms with Crippen molar-refractivity contribution >= 4 is 52.1 Å². The van der Waals surface area contributed by atoms with E-state index in [1.807, 2.05) is 24.3 Å². The molecule has 0 aromatic heterocycles. The number of thioether (sulfide) groups is 1. The third-order valence-electron chi connectivity index (χ3n) is 6.11. The highest BCUT2D eigenvalue weighted by Gasteiger charge is 2.36. The van der Waals surface area contributed by atoms with Crippen molar-refractivity contribution in [1.82, 2.24) is 4.90 Å². The second-order valence-electron chi connectivity index (χ2n) is 8.86. The van der Waals surface area contributed by atoms with E-state index in [0.717, 1.165) is 5.56 Å². The Morgan fingerprint density at radius 3 is 2.17 bits per heavy atom. The van der Waals surface area contributed by atoms with E-state index < -0.39 is 17.2 Å². The topological polar surface area (TPSA) is 124 Å². The number of hydrogen-bond donors (Lipinski definition) is 1. The summed E-state index contributed by atoms with van der Waals surface area (Å²) in [6.45, 7) is 2.25. The minimum Gasteiger partial charge on any atom is -0.497 e. The normalized spacial score (nSPS) is 15.8. The molecule has 1 aliphatic rings. The van der Waals surface area contributed by atoms with Gasteiger partial charge in [0.1, 0.15) is 11.0 Å². The van der Waals surface area contributed by atoms with Crippen LogP contribution in [0.15, 0.2) is 77.8 Å². The van der Waals surface area contributed by atoms with E-state index in [2.05, 4.69) is 10.3 Å². The van der Waals surface area contributed by atoms with Gasteiger partial charge in [0.05, 0.1) is 44.2 Å². The quantitative estimate of drug-likeness (QED) is 0.360. The third-order valence-corrected chi connectivity index (χ3v) is 7.30. The van der Waals surface area contributed by atoms with Crippen LogP contribution in [0.2, 0.25) is 0 Å². The van der Waals surface area contributed by atoms with Crippen LogP contribution in [0.1, 0.15) is 39.6 Å². The molecule has 0 radical (unpaired) electrons. The Hall–Kier alpha value is -4.64. The number of aliphatic imine (C=N–C) groups is 1. The van der Waals surface area contributed by atoms with Crippen molar-refractivity contribution < 1.29 is 33.4 Å². The van der Waals surface area contributed by atoms with E-state index >= 15 is 0 Å². The Kier molecular flexibility index (Phi) is 9.75. The Bertz CT molecular complexity index is 1440. The lowest BCUT2D eigenvalue weighted by molar-refractivity contribution is -0.129. The van der Waals surface area contributed by atoms with Crippen LogP contribution in [-0.4, -0.2) is 59.9 Å². The molecule has 1 heterocycles. The van der Waals surface area contributed by atoms with E-state index in [1.165, 1.54) is 18.9 Å². The zero-order chi connectivity index (χ0) is 29.4. The Morgan fingerprint density at radius 1 is 0.927 bits per heavy atom. The van der Waals surface area contributed by atoms with Crippen LogP contribution in [0.5, 0.6) is 5.75 Å². The number of benzene rings is 3. The van der Waals surface area contributed by atoms with E-state index in [1.54, 1.807) is 67.5 Å². The van der Waals surface area contributed by atoms with E-state index in [4.69, 9.17) is 14.2 Å². The monoisotopic (exact) mass is 575 g/mol. The molecule has 0 bridgehead atoms. The fourth-order valence-corrected chi connectivity index (χ4v) is 5.04. The van der Waals surface area contributed by atoms with Crippen LogP contribution >= 0.6 is 11.8 Å². The van der Waals surface area contributed by atoms with E-state index in [-0.39, 0.29) is 31.4 Å². The maximum atomic E-state index is 13.4. The van der Waals surface area contributed by atoms with Crippen LogP contribution in [-0.2, 0) is 25.6 Å². The van der Waals surface area contributed by atoms with Crippen molar-refractivity contribution in [3.63, 3.8) is 0 Å². The van der Waals surface area contributed by atoms with E-state index in [0.29, 0.717) is 33.4 Å². The molecular formula is C30H29N3O7S. The highest BCUT2D eigenvalue weighted by atomic mass is 32.2. The first-order valence-corrected chi connectivity index (χ1v) is 13.6. The van der Waals surface area contributed by atoms with Crippen LogP contribution in [0.25, 0.3) is 0 Å². The number of rotatable bonds is 9. The molecule has 0 unspecified atom stereocenters. The molecule has 10 nitrogen and oxygen atoms in total. The molecule has 212 valence electrons. The molecule has 3 aromatic carbocycles. The van der Waals surface area contributed by atoms with Crippen LogP contribution in [0.4, 0.5) is 11.4 Å². The van der Waals surface area contributed by atoms with Gasteiger partial charge in [-0.1, -0.05) is 23.9 Å². The minimum atomic E-state index is -0.743. The van der Waals surface area contributed by atoms with Gasteiger partial charge in [0.2, 0.25) is 11.8 Å². The average molecular weight is 576 g/mol. The van der Waals surface area contributed by atoms with Crippen LogP contribution in [0.3, 0.4) is 0 Å². The Morgan fingerprint density at radius 2 is 1.56 bits per heavy atom. The summed E-state index contributed by atoms with van der Waals surface area (Å²) >= 11 is 1.18. The first-order valence-electron chi connectivity index (χ1n) is 12.8. The lowest BCUT2D eigenvalue weighted by Gasteiger charge is -2.32. The van der Waals surface area contributed by atoms with Crippen molar-refractivity contribution in [1.29, 1.82) is 0 Å². The number of nitrogens with zero attached hydrogens (tertiary/aromatic N) is 2. The third kappa shape index (κ3) is 7.52. The van der Waals surface area contributed by atoms with Crippen molar-refractivity contribution in [2.75, 3.05) is 26.1 Å². The molecule has 1 aliphatic heterocycles. The fraction of sp³-hybridized carbons (Fsp3) is 0.233. The fourth-order valence-electron chi connectivity index (χ4n) is 3.94. The highest BCUT2D eigenvalue weighted by Crippen LogP contribution is 2.31. The lowest BCUT2D eigenvalue weighted by Crippen LogP contribution is -2.44. The number of carbonyl (C=O) groups excluding carboxylic acids is 4. The van der Waals surface area contributed by atoms with Gasteiger partial charge in [0, 0.05) is 12.1 Å². The number of esters is 2. The number of nitrogens with one attached hydrogen (secondary N) is 1. The maximum Gasteiger partial charge on any atom is 0.338 e. The number of ether oxygens (including phenoxy) is 3. The standard InChI is InChI=1S/C30H29N3O7S/c1-4-40-29(37)21-9-13-23(14-10-21)32-30-33(18-19-5-15-24(38-2)16-6-19)26(34)17-25(41-30)27(35)31-22-11-7-20(8-12-22)28(36)39-3/h5-16,25H,4,17-18H2,1-3H3,(H,31,35)/t25-/m1/s1. The number of amidine groups is 1. The molecule has 1 fully saturated rings. The van der Waals surface area contributed by atoms with Gasteiger partial charge in [-0.05, 0) is 73.2 Å². The second kappa shape index (κ2) is 13.6. The molecule has 1 N–H and O–H groups in total. The summed E-state index contributed by atoms with van der Waals surface area (Å²) in [5.41, 5.74) is 2.58. The summed E-state index contributed by atoms with van der Waals surface area (Å²) in [4.78, 5) is 56.5. The maximum absolute atomic E-state index is 13.4. The molecule has 11 heteroatoms. The number of hydrogen-bond acceptors (Lipinski definition) is 9. The molecule has 41 heavy (non-hydrogen) atoms. The predicted molar refractivity (Wildman–Crippen MR) is 155 cm³/mol. The van der Waals surface area contributed by atoms with Gasteiger partial charge in [0.25, 0.3) is 0 Å². The Labute approximate surface area is 241 Å². The first-order chi connectivity index (χ1) is 19.8. The number of methoxy groups -OCH3 is 2. The lowest BCUT2D eigenvalue weighted by atomic mass is 10.1. The van der Waals surface area contributed by atoms with Gasteiger partial charge >= 0.3 is 11.9 Å². The van der Waals surface area contributed by atoms with Crippen LogP contribution in [0, 0.1) is 0 Å². The summed E-state index contributed by atoms with van der Waals surface area (Å²) < 4.78 is 15.0. The van der Waals surface area contributed by atoms with Gasteiger partial charge in [0.15, 0.2) is 5.17 Å². The van der Waals surface area contributed by atoms with Crippen molar-refractivity contribution in [2.24, 2.45) is 4.99 Å². The summed E-state index contributed by atoms with van der Waals surface area (Å²) in [5.74, 6) is -0.859. The van der Waals surface area contributed by atoms with Crippen molar-refractivity contribution in [2.45, 2.75) is 25.1 Å². The molecule has 2 amide bonds. The van der Waals surface area contributed by atoms with E-state index in [9.17, 15) is 19.2 Å². The molecule has 1 saturated heterocycles. The molecule has 4 rings (SSSR count). The number of anilines is 1. The molecular weight excluding hydrogens is 546 g/mol.